The fourth-order valence-corrected chi connectivity index (χ4v) is 4.18. The molecular weight excluding hydrogens is 463 g/mol. The summed E-state index contributed by atoms with van der Waals surface area (Å²) in [6, 6.07) is 15.5. The smallest absolute Gasteiger partial charge is 0.409 e. The van der Waals surface area contributed by atoms with Gasteiger partial charge in [-0.3, -0.25) is 0 Å². The molecule has 0 fully saturated rings. The second-order valence-corrected chi connectivity index (χ2v) is 8.13. The molecule has 32 heavy (non-hydrogen) atoms. The van der Waals surface area contributed by atoms with Crippen molar-refractivity contribution in [3.63, 3.8) is 0 Å². The van der Waals surface area contributed by atoms with E-state index in [2.05, 4.69) is 15.1 Å². The average molecular weight is 478 g/mol. The van der Waals surface area contributed by atoms with E-state index in [1.165, 1.54) is 0 Å². The maximum Gasteiger partial charge on any atom is 0.417 e. The number of nitrogens with two attached hydrogens (primary N) is 1. The highest BCUT2D eigenvalue weighted by molar-refractivity contribution is 7.99. The molecule has 0 atom stereocenters. The number of imidazole rings is 1. The molecule has 2 heterocycles. The lowest BCUT2D eigenvalue weighted by atomic mass is 10.1. The molecular formula is C21H15ClF3N5OS. The third-order valence-corrected chi connectivity index (χ3v) is 6.05. The Bertz CT molecular complexity index is 1310. The third-order valence-electron chi connectivity index (χ3n) is 4.64. The van der Waals surface area contributed by atoms with E-state index >= 15 is 0 Å². The molecule has 164 valence electrons. The molecule has 0 aliphatic heterocycles. The van der Waals surface area contributed by atoms with E-state index in [4.69, 9.17) is 22.5 Å². The van der Waals surface area contributed by atoms with Gasteiger partial charge >= 0.3 is 6.18 Å². The molecule has 0 aliphatic carbocycles. The number of benzene rings is 2. The van der Waals surface area contributed by atoms with Crippen LogP contribution in [0.5, 0.6) is 0 Å². The molecule has 0 saturated carbocycles. The van der Waals surface area contributed by atoms with Crippen LogP contribution < -0.4 is 5.73 Å². The Balaban J connectivity index is 1.70. The number of amidine groups is 1. The third kappa shape index (κ3) is 4.51. The van der Waals surface area contributed by atoms with Crippen molar-refractivity contribution in [1.82, 2.24) is 14.5 Å². The minimum atomic E-state index is -4.52. The van der Waals surface area contributed by atoms with Gasteiger partial charge < -0.3 is 15.5 Å². The summed E-state index contributed by atoms with van der Waals surface area (Å²) in [5.74, 6) is 0.00361. The number of halogens is 4. The summed E-state index contributed by atoms with van der Waals surface area (Å²) in [4.78, 5) is 8.51. The van der Waals surface area contributed by atoms with Gasteiger partial charge in [0.15, 0.2) is 11.0 Å². The lowest BCUT2D eigenvalue weighted by Crippen LogP contribution is -2.13. The zero-order valence-corrected chi connectivity index (χ0v) is 17.8. The number of alkyl halides is 3. The highest BCUT2D eigenvalue weighted by atomic mass is 35.5. The van der Waals surface area contributed by atoms with Crippen LogP contribution in [0.4, 0.5) is 13.2 Å². The van der Waals surface area contributed by atoms with Crippen molar-refractivity contribution in [2.45, 2.75) is 22.9 Å². The van der Waals surface area contributed by atoms with Crippen molar-refractivity contribution in [3.05, 3.63) is 82.5 Å². The van der Waals surface area contributed by atoms with Crippen LogP contribution in [0.3, 0.4) is 0 Å². The van der Waals surface area contributed by atoms with E-state index in [0.717, 1.165) is 40.6 Å². The van der Waals surface area contributed by atoms with E-state index in [-0.39, 0.29) is 15.9 Å². The first kappa shape index (κ1) is 22.0. The highest BCUT2D eigenvalue weighted by Crippen LogP contribution is 2.37. The molecule has 2 aromatic carbocycles. The topological polar surface area (TPSA) is 89.3 Å². The van der Waals surface area contributed by atoms with Gasteiger partial charge in [-0.05, 0) is 35.5 Å². The number of para-hydroxylation sites is 2. The van der Waals surface area contributed by atoms with Gasteiger partial charge in [0.05, 0.1) is 28.2 Å². The van der Waals surface area contributed by atoms with Crippen LogP contribution in [0.1, 0.15) is 16.7 Å². The molecule has 4 aromatic rings. The molecule has 4 rings (SSSR count). The average Bonchev–Trinajstić information content (AvgIpc) is 3.11. The Labute approximate surface area is 189 Å². The van der Waals surface area contributed by atoms with Gasteiger partial charge in [0.2, 0.25) is 0 Å². The summed E-state index contributed by atoms with van der Waals surface area (Å²) in [6.07, 6.45) is -3.77. The molecule has 6 nitrogen and oxygen atoms in total. The summed E-state index contributed by atoms with van der Waals surface area (Å²) < 4.78 is 40.7. The van der Waals surface area contributed by atoms with Crippen molar-refractivity contribution in [2.75, 3.05) is 0 Å². The summed E-state index contributed by atoms with van der Waals surface area (Å²) in [5.41, 5.74) is 7.76. The fraction of sp³-hybridized carbons (Fsp3) is 0.0952. The standard InChI is InChI=1S/C21H15ClF3N5OS/c22-15-9-14(21(23,24)25)10-27-19(15)32-20-28-16-3-1-2-4-17(16)30(20)11-12-5-7-13(8-6-12)18(26)29-31/h1-10,31H,11H2,(H2,26,29). The molecule has 0 bridgehead atoms. The number of fused-ring (bicyclic) bond motifs is 1. The number of oxime groups is 1. The Morgan fingerprint density at radius 3 is 2.53 bits per heavy atom. The molecule has 3 N–H and O–H groups in total. The molecule has 0 spiro atoms. The number of rotatable bonds is 5. The SMILES string of the molecule is N/C(=N/O)c1ccc(Cn2c(Sc3ncc(C(F)(F)F)cc3Cl)nc3ccccc32)cc1. The summed E-state index contributed by atoms with van der Waals surface area (Å²) in [7, 11) is 0. The van der Waals surface area contributed by atoms with Gasteiger partial charge in [0.25, 0.3) is 0 Å². The maximum absolute atomic E-state index is 12.9. The van der Waals surface area contributed by atoms with E-state index in [9.17, 15) is 13.2 Å². The van der Waals surface area contributed by atoms with Gasteiger partial charge in [0, 0.05) is 11.8 Å². The van der Waals surface area contributed by atoms with Crippen molar-refractivity contribution in [3.8, 4) is 0 Å². The molecule has 0 aliphatic rings. The predicted octanol–water partition coefficient (Wildman–Crippen LogP) is 5.40. The number of hydrogen-bond acceptors (Lipinski definition) is 5. The van der Waals surface area contributed by atoms with E-state index in [1.54, 1.807) is 12.1 Å². The number of aromatic nitrogens is 3. The zero-order chi connectivity index (χ0) is 22.9. The minimum Gasteiger partial charge on any atom is -0.409 e. The first-order valence-electron chi connectivity index (χ1n) is 9.19. The van der Waals surface area contributed by atoms with Gasteiger partial charge in [-0.25, -0.2) is 9.97 Å². The van der Waals surface area contributed by atoms with Gasteiger partial charge in [-0.15, -0.1) is 0 Å². The van der Waals surface area contributed by atoms with Crippen LogP contribution in [0, 0.1) is 0 Å². The first-order valence-corrected chi connectivity index (χ1v) is 10.4. The van der Waals surface area contributed by atoms with Gasteiger partial charge in [0.1, 0.15) is 5.03 Å². The maximum atomic E-state index is 12.9. The highest BCUT2D eigenvalue weighted by Gasteiger charge is 2.31. The summed E-state index contributed by atoms with van der Waals surface area (Å²) in [5, 5.41) is 12.4. The van der Waals surface area contributed by atoms with Crippen molar-refractivity contribution >= 4 is 40.2 Å². The van der Waals surface area contributed by atoms with Crippen molar-refractivity contribution < 1.29 is 18.4 Å². The van der Waals surface area contributed by atoms with Gasteiger partial charge in [-0.2, -0.15) is 13.2 Å². The second kappa shape index (κ2) is 8.71. The number of nitrogens with zero attached hydrogens (tertiary/aromatic N) is 4. The quantitative estimate of drug-likeness (QED) is 0.174. The Morgan fingerprint density at radius 1 is 1.16 bits per heavy atom. The molecule has 0 saturated heterocycles. The number of pyridine rings is 1. The minimum absolute atomic E-state index is 0.00361. The van der Waals surface area contributed by atoms with Crippen LogP contribution >= 0.6 is 23.4 Å². The van der Waals surface area contributed by atoms with Crippen LogP contribution in [0.15, 0.2) is 76.1 Å². The predicted molar refractivity (Wildman–Crippen MR) is 116 cm³/mol. The second-order valence-electron chi connectivity index (χ2n) is 6.76. The molecule has 0 radical (unpaired) electrons. The lowest BCUT2D eigenvalue weighted by Gasteiger charge is -2.11. The van der Waals surface area contributed by atoms with E-state index in [1.807, 2.05) is 41.0 Å². The Morgan fingerprint density at radius 2 is 1.88 bits per heavy atom. The summed E-state index contributed by atoms with van der Waals surface area (Å²) >= 11 is 7.18. The number of hydrogen-bond donors (Lipinski definition) is 2. The zero-order valence-electron chi connectivity index (χ0n) is 16.2. The molecule has 11 heteroatoms. The fourth-order valence-electron chi connectivity index (χ4n) is 3.05. The van der Waals surface area contributed by atoms with Gasteiger partial charge in [-0.1, -0.05) is 53.2 Å². The van der Waals surface area contributed by atoms with Crippen LogP contribution in [-0.2, 0) is 12.7 Å². The Hall–Kier alpha value is -3.24. The first-order chi connectivity index (χ1) is 15.3. The normalized spacial score (nSPS) is 12.4. The van der Waals surface area contributed by atoms with Crippen molar-refractivity contribution in [1.29, 1.82) is 0 Å². The summed E-state index contributed by atoms with van der Waals surface area (Å²) in [6.45, 7) is 0.428. The molecule has 2 aromatic heterocycles. The van der Waals surface area contributed by atoms with Crippen molar-refractivity contribution in [2.24, 2.45) is 10.9 Å². The lowest BCUT2D eigenvalue weighted by molar-refractivity contribution is -0.137. The molecule has 0 amide bonds. The monoisotopic (exact) mass is 477 g/mol. The van der Waals surface area contributed by atoms with Crippen LogP contribution in [0.25, 0.3) is 11.0 Å². The molecule has 0 unspecified atom stereocenters. The van der Waals surface area contributed by atoms with Crippen LogP contribution in [-0.4, -0.2) is 25.6 Å². The van der Waals surface area contributed by atoms with Crippen LogP contribution in [0.2, 0.25) is 5.02 Å². The Kier molecular flexibility index (Phi) is 5.98. The van der Waals surface area contributed by atoms with E-state index in [0.29, 0.717) is 17.3 Å². The van der Waals surface area contributed by atoms with E-state index < -0.39 is 11.7 Å². The largest absolute Gasteiger partial charge is 0.417 e.